The summed E-state index contributed by atoms with van der Waals surface area (Å²) in [4.78, 5) is 16.7. The van der Waals surface area contributed by atoms with Gasteiger partial charge in [-0.2, -0.15) is 0 Å². The molecule has 0 aliphatic rings. The van der Waals surface area contributed by atoms with Crippen molar-refractivity contribution in [2.24, 2.45) is 0 Å². The maximum atomic E-state index is 12.3. The molecule has 0 saturated carbocycles. The predicted octanol–water partition coefficient (Wildman–Crippen LogP) is 3.33. The summed E-state index contributed by atoms with van der Waals surface area (Å²) in [6, 6.07) is 14.8. The van der Waals surface area contributed by atoms with Gasteiger partial charge in [-0.15, -0.1) is 0 Å². The summed E-state index contributed by atoms with van der Waals surface area (Å²) < 4.78 is 2.53. The molecule has 3 rings (SSSR count). The topological polar surface area (TPSA) is 34.4 Å². The Bertz CT molecular complexity index is 719. The Morgan fingerprint density at radius 1 is 1.06 bits per heavy atom. The molecule has 2 aromatic heterocycles. The lowest BCUT2D eigenvalue weighted by Crippen LogP contribution is -2.02. The van der Waals surface area contributed by atoms with Crippen LogP contribution in [0.3, 0.4) is 0 Å². The van der Waals surface area contributed by atoms with Crippen LogP contribution in [0.15, 0.2) is 59.3 Å². The number of hydrogen-bond donors (Lipinski definition) is 0. The molecule has 3 aromatic rings. The molecule has 0 spiro atoms. The van der Waals surface area contributed by atoms with Gasteiger partial charge in [0.05, 0.1) is 0 Å². The number of pyridine rings is 1. The Morgan fingerprint density at radius 2 is 1.78 bits per heavy atom. The highest BCUT2D eigenvalue weighted by Crippen LogP contribution is 2.21. The molecule has 0 N–H and O–H groups in total. The van der Waals surface area contributed by atoms with Gasteiger partial charge in [-0.25, -0.2) is 4.98 Å². The fourth-order valence-electron chi connectivity index (χ4n) is 1.84. The maximum Gasteiger partial charge on any atom is 0.214 e. The summed E-state index contributed by atoms with van der Waals surface area (Å²) in [5.74, 6) is -0.0776. The normalized spacial score (nSPS) is 10.7. The van der Waals surface area contributed by atoms with Gasteiger partial charge in [0, 0.05) is 11.8 Å². The minimum absolute atomic E-state index is 0.0776. The highest BCUT2D eigenvalue weighted by molar-refractivity contribution is 9.10. The molecule has 0 atom stereocenters. The SMILES string of the molecule is O=C(c1ccccc1)c1nc2ccccn2c1Br. The molecule has 1 aromatic carbocycles. The van der Waals surface area contributed by atoms with Crippen molar-refractivity contribution in [1.29, 1.82) is 0 Å². The minimum atomic E-state index is -0.0776. The largest absolute Gasteiger partial charge is 0.294 e. The zero-order chi connectivity index (χ0) is 12.5. The lowest BCUT2D eigenvalue weighted by molar-refractivity contribution is 0.103. The lowest BCUT2D eigenvalue weighted by Gasteiger charge is -1.97. The first-order valence-electron chi connectivity index (χ1n) is 5.50. The van der Waals surface area contributed by atoms with E-state index in [1.54, 1.807) is 12.1 Å². The molecule has 4 heteroatoms. The van der Waals surface area contributed by atoms with Crippen molar-refractivity contribution in [2.45, 2.75) is 0 Å². The van der Waals surface area contributed by atoms with Crippen LogP contribution in [0.2, 0.25) is 0 Å². The smallest absolute Gasteiger partial charge is 0.214 e. The molecule has 0 amide bonds. The van der Waals surface area contributed by atoms with E-state index in [0.717, 1.165) is 5.65 Å². The molecule has 2 heterocycles. The number of ketones is 1. The number of fused-ring (bicyclic) bond motifs is 1. The van der Waals surface area contributed by atoms with Crippen LogP contribution in [0.1, 0.15) is 16.1 Å². The number of carbonyl (C=O) groups is 1. The van der Waals surface area contributed by atoms with Gasteiger partial charge in [0.25, 0.3) is 0 Å². The molecule has 0 aliphatic carbocycles. The number of rotatable bonds is 2. The van der Waals surface area contributed by atoms with Crippen molar-refractivity contribution in [3.63, 3.8) is 0 Å². The van der Waals surface area contributed by atoms with Crippen LogP contribution < -0.4 is 0 Å². The molecule has 0 unspecified atom stereocenters. The Balaban J connectivity index is 2.15. The first-order valence-corrected chi connectivity index (χ1v) is 6.29. The van der Waals surface area contributed by atoms with Gasteiger partial charge in [-0.3, -0.25) is 9.20 Å². The number of carbonyl (C=O) groups excluding carboxylic acids is 1. The van der Waals surface area contributed by atoms with Crippen LogP contribution in [0.25, 0.3) is 5.65 Å². The van der Waals surface area contributed by atoms with Crippen molar-refractivity contribution in [3.8, 4) is 0 Å². The molecular formula is C14H9BrN2O. The second kappa shape index (κ2) is 4.38. The predicted molar refractivity (Wildman–Crippen MR) is 72.8 cm³/mol. The molecule has 0 fully saturated rings. The van der Waals surface area contributed by atoms with E-state index < -0.39 is 0 Å². The Hall–Kier alpha value is -1.94. The summed E-state index contributed by atoms with van der Waals surface area (Å²) in [5, 5.41) is 0. The van der Waals surface area contributed by atoms with Gasteiger partial charge in [0.2, 0.25) is 5.78 Å². The quantitative estimate of drug-likeness (QED) is 0.680. The molecule has 0 aliphatic heterocycles. The summed E-state index contributed by atoms with van der Waals surface area (Å²) >= 11 is 3.43. The number of halogens is 1. The van der Waals surface area contributed by atoms with Crippen molar-refractivity contribution >= 4 is 27.4 Å². The summed E-state index contributed by atoms with van der Waals surface area (Å²) in [6.07, 6.45) is 1.87. The number of benzene rings is 1. The molecule has 18 heavy (non-hydrogen) atoms. The standard InChI is InChI=1S/C14H9BrN2O/c15-14-12(13(18)10-6-2-1-3-7-10)16-11-8-4-5-9-17(11)14/h1-9H. The van der Waals surface area contributed by atoms with Crippen molar-refractivity contribution in [1.82, 2.24) is 9.38 Å². The third-order valence-electron chi connectivity index (χ3n) is 2.72. The van der Waals surface area contributed by atoms with Crippen LogP contribution in [-0.4, -0.2) is 15.2 Å². The van der Waals surface area contributed by atoms with Crippen LogP contribution >= 0.6 is 15.9 Å². The van der Waals surface area contributed by atoms with E-state index in [1.807, 2.05) is 47.0 Å². The van der Waals surface area contributed by atoms with E-state index >= 15 is 0 Å². The maximum absolute atomic E-state index is 12.3. The van der Waals surface area contributed by atoms with Gasteiger partial charge in [0.15, 0.2) is 0 Å². The number of aromatic nitrogens is 2. The van der Waals surface area contributed by atoms with Crippen LogP contribution in [-0.2, 0) is 0 Å². The number of imidazole rings is 1. The number of hydrogen-bond acceptors (Lipinski definition) is 2. The summed E-state index contributed by atoms with van der Waals surface area (Å²) in [5.41, 5.74) is 1.83. The van der Waals surface area contributed by atoms with E-state index in [-0.39, 0.29) is 5.78 Å². The monoisotopic (exact) mass is 300 g/mol. The molecular weight excluding hydrogens is 292 g/mol. The highest BCUT2D eigenvalue weighted by Gasteiger charge is 2.17. The van der Waals surface area contributed by atoms with Gasteiger partial charge in [-0.05, 0) is 28.1 Å². The molecule has 88 valence electrons. The highest BCUT2D eigenvalue weighted by atomic mass is 79.9. The summed E-state index contributed by atoms with van der Waals surface area (Å²) in [6.45, 7) is 0. The van der Waals surface area contributed by atoms with E-state index in [9.17, 15) is 4.79 Å². The minimum Gasteiger partial charge on any atom is -0.294 e. The molecule has 0 saturated heterocycles. The van der Waals surface area contributed by atoms with Gasteiger partial charge in [-0.1, -0.05) is 36.4 Å². The third-order valence-corrected chi connectivity index (χ3v) is 3.48. The van der Waals surface area contributed by atoms with Gasteiger partial charge < -0.3 is 0 Å². The lowest BCUT2D eigenvalue weighted by atomic mass is 10.1. The average Bonchev–Trinajstić information content (AvgIpc) is 2.77. The van der Waals surface area contributed by atoms with E-state index in [0.29, 0.717) is 15.9 Å². The van der Waals surface area contributed by atoms with E-state index in [2.05, 4.69) is 20.9 Å². The second-order valence-corrected chi connectivity index (χ2v) is 4.63. The molecule has 0 radical (unpaired) electrons. The average molecular weight is 301 g/mol. The van der Waals surface area contributed by atoms with Gasteiger partial charge in [0.1, 0.15) is 15.9 Å². The van der Waals surface area contributed by atoms with E-state index in [4.69, 9.17) is 0 Å². The zero-order valence-corrected chi connectivity index (χ0v) is 11.0. The second-order valence-electron chi connectivity index (χ2n) is 3.88. The summed E-state index contributed by atoms with van der Waals surface area (Å²) in [7, 11) is 0. The van der Waals surface area contributed by atoms with E-state index in [1.165, 1.54) is 0 Å². The van der Waals surface area contributed by atoms with Crippen LogP contribution in [0.5, 0.6) is 0 Å². The third kappa shape index (κ3) is 1.75. The van der Waals surface area contributed by atoms with Crippen molar-refractivity contribution in [3.05, 3.63) is 70.6 Å². The number of nitrogens with zero attached hydrogens (tertiary/aromatic N) is 2. The Labute approximate surface area is 112 Å². The van der Waals surface area contributed by atoms with Crippen molar-refractivity contribution in [2.75, 3.05) is 0 Å². The first-order chi connectivity index (χ1) is 8.77. The van der Waals surface area contributed by atoms with Crippen LogP contribution in [0.4, 0.5) is 0 Å². The zero-order valence-electron chi connectivity index (χ0n) is 9.38. The molecule has 0 bridgehead atoms. The van der Waals surface area contributed by atoms with Crippen molar-refractivity contribution < 1.29 is 4.79 Å². The Kier molecular flexibility index (Phi) is 2.72. The molecule has 3 nitrogen and oxygen atoms in total. The Morgan fingerprint density at radius 3 is 2.50 bits per heavy atom. The van der Waals surface area contributed by atoms with Crippen LogP contribution in [0, 0.1) is 0 Å². The van der Waals surface area contributed by atoms with Gasteiger partial charge >= 0.3 is 0 Å². The first kappa shape index (κ1) is 11.2. The fraction of sp³-hybridized carbons (Fsp3) is 0. The fourth-order valence-corrected chi connectivity index (χ4v) is 2.41.